The highest BCUT2D eigenvalue weighted by Gasteiger charge is 2.12. The van der Waals surface area contributed by atoms with Gasteiger partial charge >= 0.3 is 0 Å². The molecular formula is C15H25N3O. The first-order valence-electron chi connectivity index (χ1n) is 7.62. The number of aromatic nitrogens is 2. The molecule has 1 aliphatic heterocycles. The lowest BCUT2D eigenvalue weighted by Crippen LogP contribution is -2.31. The number of aryl methyl sites for hydroxylation is 1. The van der Waals surface area contributed by atoms with E-state index in [1.807, 2.05) is 0 Å². The third kappa shape index (κ3) is 4.16. The van der Waals surface area contributed by atoms with Gasteiger partial charge in [-0.15, -0.1) is 0 Å². The van der Waals surface area contributed by atoms with Crippen molar-refractivity contribution in [2.45, 2.75) is 65.0 Å². The van der Waals surface area contributed by atoms with Gasteiger partial charge in [-0.05, 0) is 12.0 Å². The average Bonchev–Trinajstić information content (AvgIpc) is 2.43. The lowest BCUT2D eigenvalue weighted by molar-refractivity contribution is 0.490. The summed E-state index contributed by atoms with van der Waals surface area (Å²) in [6.45, 7) is 4.75. The fourth-order valence-electron chi connectivity index (χ4n) is 2.56. The summed E-state index contributed by atoms with van der Waals surface area (Å²) in [6.07, 6.45) is 8.39. The van der Waals surface area contributed by atoms with Crippen molar-refractivity contribution in [2.24, 2.45) is 0 Å². The fraction of sp³-hybridized carbons (Fsp3) is 0.733. The molecule has 0 saturated carbocycles. The highest BCUT2D eigenvalue weighted by molar-refractivity contribution is 5.20. The Morgan fingerprint density at radius 1 is 1.26 bits per heavy atom. The quantitative estimate of drug-likeness (QED) is 0.768. The van der Waals surface area contributed by atoms with Crippen LogP contribution in [0.2, 0.25) is 0 Å². The predicted molar refractivity (Wildman–Crippen MR) is 77.3 cm³/mol. The molecule has 0 bridgehead atoms. The summed E-state index contributed by atoms with van der Waals surface area (Å²) < 4.78 is 1.66. The molecular weight excluding hydrogens is 238 g/mol. The minimum absolute atomic E-state index is 0.0519. The lowest BCUT2D eigenvalue weighted by atomic mass is 10.1. The van der Waals surface area contributed by atoms with Crippen LogP contribution in [0, 0.1) is 0 Å². The van der Waals surface area contributed by atoms with Gasteiger partial charge in [-0.1, -0.05) is 39.0 Å². The monoisotopic (exact) mass is 263 g/mol. The summed E-state index contributed by atoms with van der Waals surface area (Å²) >= 11 is 0. The molecule has 1 aromatic heterocycles. The van der Waals surface area contributed by atoms with Crippen molar-refractivity contribution in [2.75, 3.05) is 6.54 Å². The minimum Gasteiger partial charge on any atom is -0.312 e. The van der Waals surface area contributed by atoms with E-state index in [0.29, 0.717) is 0 Å². The Labute approximate surface area is 115 Å². The highest BCUT2D eigenvalue weighted by atomic mass is 16.1. The van der Waals surface area contributed by atoms with E-state index in [0.717, 1.165) is 43.7 Å². The predicted octanol–water partition coefficient (Wildman–Crippen LogP) is 2.25. The molecule has 1 N–H and O–H groups in total. The maximum atomic E-state index is 11.9. The summed E-state index contributed by atoms with van der Waals surface area (Å²) in [4.78, 5) is 11.9. The SMILES string of the molecule is CCCCCCCCn1nc2c(cc1=O)CNCC2. The van der Waals surface area contributed by atoms with Crippen molar-refractivity contribution in [3.63, 3.8) is 0 Å². The molecule has 0 saturated heterocycles. The molecule has 4 heteroatoms. The molecule has 106 valence electrons. The number of nitrogens with one attached hydrogen (secondary N) is 1. The molecule has 0 aliphatic carbocycles. The molecule has 4 nitrogen and oxygen atoms in total. The van der Waals surface area contributed by atoms with Gasteiger partial charge in [-0.25, -0.2) is 4.68 Å². The molecule has 0 aromatic carbocycles. The Balaban J connectivity index is 1.85. The molecule has 0 radical (unpaired) electrons. The van der Waals surface area contributed by atoms with Crippen LogP contribution in [0.4, 0.5) is 0 Å². The number of nitrogens with zero attached hydrogens (tertiary/aromatic N) is 2. The smallest absolute Gasteiger partial charge is 0.267 e. The summed E-state index contributed by atoms with van der Waals surface area (Å²) in [6, 6.07) is 1.76. The van der Waals surface area contributed by atoms with Gasteiger partial charge in [0, 0.05) is 32.1 Å². The fourth-order valence-corrected chi connectivity index (χ4v) is 2.56. The summed E-state index contributed by atoms with van der Waals surface area (Å²) in [5, 5.41) is 7.78. The number of unbranched alkanes of at least 4 members (excludes halogenated alkanes) is 5. The van der Waals surface area contributed by atoms with Crippen LogP contribution < -0.4 is 10.9 Å². The van der Waals surface area contributed by atoms with E-state index >= 15 is 0 Å². The average molecular weight is 263 g/mol. The number of fused-ring (bicyclic) bond motifs is 1. The second-order valence-corrected chi connectivity index (χ2v) is 5.37. The van der Waals surface area contributed by atoms with Gasteiger partial charge in [0.1, 0.15) is 0 Å². The van der Waals surface area contributed by atoms with Crippen molar-refractivity contribution in [1.29, 1.82) is 0 Å². The molecule has 1 aromatic rings. The van der Waals surface area contributed by atoms with E-state index in [-0.39, 0.29) is 5.56 Å². The van der Waals surface area contributed by atoms with Crippen LogP contribution in [-0.4, -0.2) is 16.3 Å². The first-order chi connectivity index (χ1) is 9.31. The molecule has 0 fully saturated rings. The Morgan fingerprint density at radius 3 is 2.89 bits per heavy atom. The minimum atomic E-state index is 0.0519. The van der Waals surface area contributed by atoms with Crippen LogP contribution in [-0.2, 0) is 19.5 Å². The lowest BCUT2D eigenvalue weighted by Gasteiger charge is -2.17. The van der Waals surface area contributed by atoms with Gasteiger partial charge in [-0.2, -0.15) is 5.10 Å². The molecule has 2 heterocycles. The van der Waals surface area contributed by atoms with Crippen molar-refractivity contribution >= 4 is 0 Å². The van der Waals surface area contributed by atoms with Gasteiger partial charge in [0.2, 0.25) is 0 Å². The van der Waals surface area contributed by atoms with E-state index in [2.05, 4.69) is 17.3 Å². The topological polar surface area (TPSA) is 46.9 Å². The van der Waals surface area contributed by atoms with E-state index in [1.165, 1.54) is 32.1 Å². The third-order valence-electron chi connectivity index (χ3n) is 3.74. The zero-order valence-electron chi connectivity index (χ0n) is 12.0. The molecule has 19 heavy (non-hydrogen) atoms. The van der Waals surface area contributed by atoms with Crippen molar-refractivity contribution in [3.8, 4) is 0 Å². The maximum Gasteiger partial charge on any atom is 0.267 e. The number of rotatable bonds is 7. The molecule has 0 unspecified atom stereocenters. The van der Waals surface area contributed by atoms with Crippen LogP contribution in [0.5, 0.6) is 0 Å². The van der Waals surface area contributed by atoms with Crippen molar-refractivity contribution in [1.82, 2.24) is 15.1 Å². The first kappa shape index (κ1) is 14.3. The second kappa shape index (κ2) is 7.43. The van der Waals surface area contributed by atoms with Crippen LogP contribution in [0.1, 0.15) is 56.7 Å². The molecule has 0 spiro atoms. The van der Waals surface area contributed by atoms with Gasteiger partial charge < -0.3 is 5.32 Å². The number of hydrogen-bond donors (Lipinski definition) is 1. The standard InChI is InChI=1S/C15H25N3O/c1-2-3-4-5-6-7-10-18-15(19)11-13-12-16-9-8-14(13)17-18/h11,16H,2-10,12H2,1H3. The summed E-state index contributed by atoms with van der Waals surface area (Å²) in [7, 11) is 0. The Morgan fingerprint density at radius 2 is 2.05 bits per heavy atom. The Bertz CT molecular complexity index is 453. The molecule has 0 amide bonds. The Kier molecular flexibility index (Phi) is 5.58. The van der Waals surface area contributed by atoms with E-state index in [9.17, 15) is 4.79 Å². The number of hydrogen-bond acceptors (Lipinski definition) is 3. The summed E-state index contributed by atoms with van der Waals surface area (Å²) in [5.41, 5.74) is 2.23. The van der Waals surface area contributed by atoms with Crippen LogP contribution in [0.25, 0.3) is 0 Å². The van der Waals surface area contributed by atoms with Crippen molar-refractivity contribution in [3.05, 3.63) is 27.7 Å². The first-order valence-corrected chi connectivity index (χ1v) is 7.62. The van der Waals surface area contributed by atoms with Gasteiger partial charge in [0.15, 0.2) is 0 Å². The van der Waals surface area contributed by atoms with Gasteiger partial charge in [0.25, 0.3) is 5.56 Å². The largest absolute Gasteiger partial charge is 0.312 e. The zero-order chi connectivity index (χ0) is 13.5. The van der Waals surface area contributed by atoms with E-state index in [4.69, 9.17) is 0 Å². The van der Waals surface area contributed by atoms with Gasteiger partial charge in [0.05, 0.1) is 5.69 Å². The third-order valence-corrected chi connectivity index (χ3v) is 3.74. The molecule has 1 aliphatic rings. The van der Waals surface area contributed by atoms with E-state index < -0.39 is 0 Å². The highest BCUT2D eigenvalue weighted by Crippen LogP contribution is 2.09. The normalized spacial score (nSPS) is 14.4. The summed E-state index contributed by atoms with van der Waals surface area (Å²) in [5.74, 6) is 0. The molecule has 0 atom stereocenters. The zero-order valence-corrected chi connectivity index (χ0v) is 12.0. The van der Waals surface area contributed by atoms with Crippen LogP contribution in [0.15, 0.2) is 10.9 Å². The Hall–Kier alpha value is -1.16. The van der Waals surface area contributed by atoms with Crippen molar-refractivity contribution < 1.29 is 0 Å². The second-order valence-electron chi connectivity index (χ2n) is 5.37. The van der Waals surface area contributed by atoms with Gasteiger partial charge in [-0.3, -0.25) is 4.79 Å². The van der Waals surface area contributed by atoms with E-state index in [1.54, 1.807) is 10.7 Å². The van der Waals surface area contributed by atoms with Crippen LogP contribution >= 0.6 is 0 Å². The molecule has 2 rings (SSSR count). The maximum absolute atomic E-state index is 11.9. The van der Waals surface area contributed by atoms with Crippen LogP contribution in [0.3, 0.4) is 0 Å².